The van der Waals surface area contributed by atoms with Gasteiger partial charge in [0.2, 0.25) is 11.8 Å². The Kier molecular flexibility index (Phi) is 8.81. The summed E-state index contributed by atoms with van der Waals surface area (Å²) in [7, 11) is 1.64. The Morgan fingerprint density at radius 1 is 0.973 bits per heavy atom. The number of unbranched alkanes of at least 4 members (excludes halogenated alkanes) is 1. The van der Waals surface area contributed by atoms with Crippen LogP contribution in [0.2, 0.25) is 0 Å². The van der Waals surface area contributed by atoms with Crippen molar-refractivity contribution in [1.29, 1.82) is 0 Å². The molecule has 0 fully saturated rings. The number of benzene rings is 2. The highest BCUT2D eigenvalue weighted by Gasteiger charge is 2.25. The first kappa shape index (κ1) is 26.2. The van der Waals surface area contributed by atoms with Gasteiger partial charge in [0.15, 0.2) is 0 Å². The number of hydrogen-bond donors (Lipinski definition) is 6. The Morgan fingerprint density at radius 3 is 2.51 bits per heavy atom. The second-order valence-electron chi connectivity index (χ2n) is 9.28. The second-order valence-corrected chi connectivity index (χ2v) is 9.28. The molecule has 2 atom stereocenters. The molecule has 0 aliphatic heterocycles. The van der Waals surface area contributed by atoms with E-state index in [1.807, 2.05) is 54.9 Å². The number of amides is 2. The smallest absolute Gasteiger partial charge is 0.242 e. The molecule has 0 aliphatic carbocycles. The van der Waals surface area contributed by atoms with Crippen molar-refractivity contribution in [3.63, 3.8) is 0 Å². The predicted molar refractivity (Wildman–Crippen MR) is 146 cm³/mol. The average molecular weight is 505 g/mol. The van der Waals surface area contributed by atoms with Crippen molar-refractivity contribution in [3.05, 3.63) is 66.0 Å². The van der Waals surface area contributed by atoms with Crippen molar-refractivity contribution in [2.45, 2.75) is 44.2 Å². The summed E-state index contributed by atoms with van der Waals surface area (Å²) in [6.07, 6.45) is 6.90. The monoisotopic (exact) mass is 504 g/mol. The zero-order chi connectivity index (χ0) is 26.2. The van der Waals surface area contributed by atoms with Crippen molar-refractivity contribution in [2.75, 3.05) is 20.2 Å². The maximum atomic E-state index is 13.3. The van der Waals surface area contributed by atoms with E-state index >= 15 is 0 Å². The molecule has 4 rings (SSSR count). The fourth-order valence-corrected chi connectivity index (χ4v) is 4.58. The zero-order valence-corrected chi connectivity index (χ0v) is 21.2. The van der Waals surface area contributed by atoms with Crippen molar-refractivity contribution < 1.29 is 14.3 Å². The van der Waals surface area contributed by atoms with Crippen LogP contribution in [0.25, 0.3) is 21.8 Å². The minimum absolute atomic E-state index is 0.245. The Morgan fingerprint density at radius 2 is 1.73 bits per heavy atom. The lowest BCUT2D eigenvalue weighted by Gasteiger charge is -2.21. The van der Waals surface area contributed by atoms with Crippen molar-refractivity contribution in [3.8, 4) is 5.75 Å². The molecule has 37 heavy (non-hydrogen) atoms. The van der Waals surface area contributed by atoms with Gasteiger partial charge in [0, 0.05) is 47.2 Å². The van der Waals surface area contributed by atoms with Crippen LogP contribution in [0.15, 0.2) is 54.9 Å². The van der Waals surface area contributed by atoms with Crippen LogP contribution in [0.4, 0.5) is 0 Å². The van der Waals surface area contributed by atoms with Crippen LogP contribution in [-0.4, -0.2) is 54.1 Å². The van der Waals surface area contributed by atoms with Crippen molar-refractivity contribution in [2.24, 2.45) is 11.5 Å². The van der Waals surface area contributed by atoms with Gasteiger partial charge in [-0.05, 0) is 61.2 Å². The van der Waals surface area contributed by atoms with E-state index in [0.29, 0.717) is 32.4 Å². The summed E-state index contributed by atoms with van der Waals surface area (Å²) in [5, 5.41) is 7.98. The third kappa shape index (κ3) is 6.49. The summed E-state index contributed by atoms with van der Waals surface area (Å²) in [6.45, 7) is 0.981. The highest BCUT2D eigenvalue weighted by atomic mass is 16.5. The van der Waals surface area contributed by atoms with E-state index in [1.54, 1.807) is 7.11 Å². The molecule has 0 saturated carbocycles. The predicted octanol–water partition coefficient (Wildman–Crippen LogP) is 2.50. The van der Waals surface area contributed by atoms with Crippen LogP contribution < -0.4 is 26.8 Å². The highest BCUT2D eigenvalue weighted by molar-refractivity contribution is 5.91. The molecular weight excluding hydrogens is 468 g/mol. The van der Waals surface area contributed by atoms with Gasteiger partial charge < -0.3 is 36.8 Å². The van der Waals surface area contributed by atoms with Gasteiger partial charge in [-0.15, -0.1) is 0 Å². The van der Waals surface area contributed by atoms with Gasteiger partial charge in [0.1, 0.15) is 11.8 Å². The van der Waals surface area contributed by atoms with Crippen LogP contribution in [0, 0.1) is 0 Å². The van der Waals surface area contributed by atoms with Crippen LogP contribution in [0.5, 0.6) is 5.75 Å². The molecule has 0 bridgehead atoms. The number of fused-ring (bicyclic) bond motifs is 2. The van der Waals surface area contributed by atoms with Gasteiger partial charge in [0.05, 0.1) is 13.2 Å². The molecule has 0 radical (unpaired) electrons. The topological polar surface area (TPSA) is 151 Å². The van der Waals surface area contributed by atoms with E-state index < -0.39 is 12.1 Å². The maximum absolute atomic E-state index is 13.3. The normalized spacial score (nSPS) is 12.9. The molecule has 9 nitrogen and oxygen atoms in total. The van der Waals surface area contributed by atoms with E-state index in [0.717, 1.165) is 51.5 Å². The number of ether oxygens (including phenoxy) is 1. The number of H-pyrrole nitrogens is 2. The lowest BCUT2D eigenvalue weighted by molar-refractivity contribution is -0.129. The minimum Gasteiger partial charge on any atom is -0.497 e. The number of carbonyl (C=O) groups is 2. The van der Waals surface area contributed by atoms with Crippen LogP contribution in [0.1, 0.15) is 30.4 Å². The standard InChI is InChI=1S/C28H36N6O3/c1-37-20-9-10-25-22(15-20)18(16-32-25)11-13-31-28(36)26(34-27(35)23(30)7-4-5-12-29)14-19-17-33-24-8-3-2-6-21(19)24/h2-3,6,8-10,15-17,23,26,32-33H,4-5,7,11-14,29-30H2,1H3,(H,31,36)(H,34,35)/t23-,26-/m0/s1. The van der Waals surface area contributed by atoms with Crippen LogP contribution >= 0.6 is 0 Å². The summed E-state index contributed by atoms with van der Waals surface area (Å²) < 4.78 is 5.35. The number of carbonyl (C=O) groups excluding carboxylic acids is 2. The lowest BCUT2D eigenvalue weighted by Crippen LogP contribution is -2.52. The van der Waals surface area contributed by atoms with Crippen LogP contribution in [0.3, 0.4) is 0 Å². The van der Waals surface area contributed by atoms with Crippen LogP contribution in [-0.2, 0) is 22.4 Å². The third-order valence-electron chi connectivity index (χ3n) is 6.71. The molecular formula is C28H36N6O3. The Balaban J connectivity index is 1.44. The van der Waals surface area contributed by atoms with Gasteiger partial charge >= 0.3 is 0 Å². The number of aromatic nitrogens is 2. The van der Waals surface area contributed by atoms with Gasteiger partial charge in [-0.25, -0.2) is 0 Å². The SMILES string of the molecule is COc1ccc2[nH]cc(CCNC(=O)[C@H](Cc3c[nH]c4ccccc34)NC(=O)[C@@H](N)CCCCN)c2c1. The maximum Gasteiger partial charge on any atom is 0.242 e. The van der Waals surface area contributed by atoms with Gasteiger partial charge in [-0.3, -0.25) is 9.59 Å². The number of nitrogens with one attached hydrogen (secondary N) is 4. The molecule has 8 N–H and O–H groups in total. The average Bonchev–Trinajstić information content (AvgIpc) is 3.51. The quantitative estimate of drug-likeness (QED) is 0.155. The largest absolute Gasteiger partial charge is 0.497 e. The molecule has 4 aromatic rings. The first-order valence-electron chi connectivity index (χ1n) is 12.7. The number of aromatic amines is 2. The number of methoxy groups -OCH3 is 1. The fraction of sp³-hybridized carbons (Fsp3) is 0.357. The van der Waals surface area contributed by atoms with E-state index in [-0.39, 0.29) is 11.8 Å². The molecule has 0 unspecified atom stereocenters. The van der Waals surface area contributed by atoms with Crippen molar-refractivity contribution >= 4 is 33.6 Å². The Labute approximate surface area is 216 Å². The molecule has 2 aromatic carbocycles. The molecule has 0 aliphatic rings. The van der Waals surface area contributed by atoms with Gasteiger partial charge in [-0.1, -0.05) is 24.6 Å². The fourth-order valence-electron chi connectivity index (χ4n) is 4.58. The first-order chi connectivity index (χ1) is 18.0. The van der Waals surface area contributed by atoms with E-state index in [9.17, 15) is 9.59 Å². The number of para-hydroxylation sites is 1. The van der Waals surface area contributed by atoms with Gasteiger partial charge in [0.25, 0.3) is 0 Å². The van der Waals surface area contributed by atoms with Gasteiger partial charge in [-0.2, -0.15) is 0 Å². The number of rotatable bonds is 13. The number of nitrogens with two attached hydrogens (primary N) is 2. The molecule has 196 valence electrons. The Bertz CT molecular complexity index is 1340. The molecule has 2 heterocycles. The first-order valence-corrected chi connectivity index (χ1v) is 12.7. The highest BCUT2D eigenvalue weighted by Crippen LogP contribution is 2.24. The summed E-state index contributed by atoms with van der Waals surface area (Å²) in [4.78, 5) is 32.6. The van der Waals surface area contributed by atoms with E-state index in [2.05, 4.69) is 20.6 Å². The molecule has 0 saturated heterocycles. The summed E-state index contributed by atoms with van der Waals surface area (Å²) in [5.41, 5.74) is 15.7. The summed E-state index contributed by atoms with van der Waals surface area (Å²) >= 11 is 0. The third-order valence-corrected chi connectivity index (χ3v) is 6.71. The van der Waals surface area contributed by atoms with Crippen molar-refractivity contribution in [1.82, 2.24) is 20.6 Å². The van der Waals surface area contributed by atoms with E-state index in [4.69, 9.17) is 16.2 Å². The summed E-state index contributed by atoms with van der Waals surface area (Å²) in [6, 6.07) is 12.3. The summed E-state index contributed by atoms with van der Waals surface area (Å²) in [5.74, 6) is 0.202. The second kappa shape index (κ2) is 12.4. The minimum atomic E-state index is -0.754. The lowest BCUT2D eigenvalue weighted by atomic mass is 10.0. The molecule has 2 aromatic heterocycles. The van der Waals surface area contributed by atoms with E-state index in [1.165, 1.54) is 0 Å². The molecule has 2 amide bonds. The Hall–Kier alpha value is -3.82. The zero-order valence-electron chi connectivity index (χ0n) is 21.2. The number of hydrogen-bond acceptors (Lipinski definition) is 5. The molecule has 0 spiro atoms. The molecule has 9 heteroatoms.